The summed E-state index contributed by atoms with van der Waals surface area (Å²) in [5.41, 5.74) is 5.96. The van der Waals surface area contributed by atoms with Gasteiger partial charge in [-0.25, -0.2) is 13.1 Å². The molecule has 110 valence electrons. The Balaban J connectivity index is 1.95. The highest BCUT2D eigenvalue weighted by Gasteiger charge is 2.35. The molecule has 7 heteroatoms. The van der Waals surface area contributed by atoms with Crippen molar-refractivity contribution >= 4 is 15.9 Å². The maximum Gasteiger partial charge on any atom is 0.227 e. The first-order chi connectivity index (χ1) is 8.87. The van der Waals surface area contributed by atoms with E-state index in [1.807, 2.05) is 0 Å². The fourth-order valence-electron chi connectivity index (χ4n) is 3.11. The summed E-state index contributed by atoms with van der Waals surface area (Å²) < 4.78 is 25.1. The normalized spacial score (nSPS) is 32.5. The average molecular weight is 289 g/mol. The SMILES string of the molecule is CS(=O)(=O)NC1CCCN(C(=O)C2CCCC2N)C1. The van der Waals surface area contributed by atoms with Gasteiger partial charge in [-0.3, -0.25) is 4.79 Å². The van der Waals surface area contributed by atoms with E-state index in [0.29, 0.717) is 13.1 Å². The van der Waals surface area contributed by atoms with Gasteiger partial charge in [0.2, 0.25) is 15.9 Å². The Hall–Kier alpha value is -0.660. The molecule has 0 radical (unpaired) electrons. The van der Waals surface area contributed by atoms with Gasteiger partial charge in [0.25, 0.3) is 0 Å². The van der Waals surface area contributed by atoms with Crippen LogP contribution in [-0.4, -0.2) is 50.7 Å². The maximum absolute atomic E-state index is 12.4. The summed E-state index contributed by atoms with van der Waals surface area (Å²) in [5, 5.41) is 0. The molecule has 2 aliphatic rings. The number of amides is 1. The third kappa shape index (κ3) is 3.90. The summed E-state index contributed by atoms with van der Waals surface area (Å²) in [5.74, 6) is 0.0296. The Morgan fingerprint density at radius 1 is 1.26 bits per heavy atom. The largest absolute Gasteiger partial charge is 0.341 e. The number of nitrogens with one attached hydrogen (secondary N) is 1. The summed E-state index contributed by atoms with van der Waals surface area (Å²) in [7, 11) is -3.22. The number of sulfonamides is 1. The second-order valence-corrected chi connectivity index (χ2v) is 7.49. The highest BCUT2D eigenvalue weighted by atomic mass is 32.2. The molecule has 3 N–H and O–H groups in total. The molecule has 6 nitrogen and oxygen atoms in total. The van der Waals surface area contributed by atoms with Crippen LogP contribution in [0.4, 0.5) is 0 Å². The summed E-state index contributed by atoms with van der Waals surface area (Å²) >= 11 is 0. The number of rotatable bonds is 3. The van der Waals surface area contributed by atoms with Crippen LogP contribution in [0.2, 0.25) is 0 Å². The van der Waals surface area contributed by atoms with Crippen molar-refractivity contribution in [1.29, 1.82) is 0 Å². The van der Waals surface area contributed by atoms with Crippen LogP contribution in [0.1, 0.15) is 32.1 Å². The van der Waals surface area contributed by atoms with E-state index in [-0.39, 0.29) is 23.9 Å². The van der Waals surface area contributed by atoms with Gasteiger partial charge in [0, 0.05) is 25.2 Å². The van der Waals surface area contributed by atoms with Crippen molar-refractivity contribution in [2.75, 3.05) is 19.3 Å². The lowest BCUT2D eigenvalue weighted by Gasteiger charge is -2.35. The molecule has 0 spiro atoms. The molecule has 0 aromatic heterocycles. The van der Waals surface area contributed by atoms with E-state index < -0.39 is 10.0 Å². The Bertz CT molecular complexity index is 438. The van der Waals surface area contributed by atoms with Gasteiger partial charge in [0.15, 0.2) is 0 Å². The van der Waals surface area contributed by atoms with Crippen molar-refractivity contribution in [3.63, 3.8) is 0 Å². The average Bonchev–Trinajstić information content (AvgIpc) is 2.72. The van der Waals surface area contributed by atoms with E-state index >= 15 is 0 Å². The zero-order chi connectivity index (χ0) is 14.0. The Labute approximate surface area is 114 Å². The van der Waals surface area contributed by atoms with E-state index in [9.17, 15) is 13.2 Å². The van der Waals surface area contributed by atoms with Crippen molar-refractivity contribution in [2.45, 2.75) is 44.2 Å². The van der Waals surface area contributed by atoms with Crippen LogP contribution in [-0.2, 0) is 14.8 Å². The van der Waals surface area contributed by atoms with Crippen LogP contribution in [0.15, 0.2) is 0 Å². The highest BCUT2D eigenvalue weighted by molar-refractivity contribution is 7.88. The predicted molar refractivity (Wildman–Crippen MR) is 72.9 cm³/mol. The molecule has 0 aromatic rings. The Morgan fingerprint density at radius 3 is 2.58 bits per heavy atom. The van der Waals surface area contributed by atoms with Crippen LogP contribution < -0.4 is 10.5 Å². The second-order valence-electron chi connectivity index (χ2n) is 5.71. The quantitative estimate of drug-likeness (QED) is 0.743. The van der Waals surface area contributed by atoms with Crippen LogP contribution >= 0.6 is 0 Å². The van der Waals surface area contributed by atoms with Crippen molar-refractivity contribution in [2.24, 2.45) is 11.7 Å². The molecule has 1 saturated carbocycles. The zero-order valence-corrected chi connectivity index (χ0v) is 12.2. The minimum atomic E-state index is -3.22. The molecule has 3 atom stereocenters. The van der Waals surface area contributed by atoms with Crippen molar-refractivity contribution in [1.82, 2.24) is 9.62 Å². The monoisotopic (exact) mass is 289 g/mol. The van der Waals surface area contributed by atoms with Crippen LogP contribution in [0.3, 0.4) is 0 Å². The number of carbonyl (C=O) groups is 1. The van der Waals surface area contributed by atoms with Gasteiger partial charge in [-0.2, -0.15) is 0 Å². The summed E-state index contributed by atoms with van der Waals surface area (Å²) in [6, 6.07) is -0.193. The zero-order valence-electron chi connectivity index (χ0n) is 11.3. The first-order valence-electron chi connectivity index (χ1n) is 6.88. The van der Waals surface area contributed by atoms with Crippen molar-refractivity contribution < 1.29 is 13.2 Å². The van der Waals surface area contributed by atoms with Crippen molar-refractivity contribution in [3.8, 4) is 0 Å². The van der Waals surface area contributed by atoms with Gasteiger partial charge in [-0.1, -0.05) is 6.42 Å². The molecule has 0 bridgehead atoms. The molecule has 3 unspecified atom stereocenters. The second kappa shape index (κ2) is 5.76. The molecule has 1 saturated heterocycles. The van der Waals surface area contributed by atoms with Gasteiger partial charge in [0.1, 0.15) is 0 Å². The van der Waals surface area contributed by atoms with E-state index in [2.05, 4.69) is 4.72 Å². The molecule has 0 aromatic carbocycles. The van der Waals surface area contributed by atoms with Gasteiger partial charge in [-0.15, -0.1) is 0 Å². The molecule has 19 heavy (non-hydrogen) atoms. The third-order valence-corrected chi connectivity index (χ3v) is 4.76. The molecule has 1 aliphatic carbocycles. The summed E-state index contributed by atoms with van der Waals surface area (Å²) in [4.78, 5) is 14.2. The number of piperidine rings is 1. The van der Waals surface area contributed by atoms with Gasteiger partial charge in [-0.05, 0) is 25.7 Å². The van der Waals surface area contributed by atoms with Crippen LogP contribution in [0.25, 0.3) is 0 Å². The van der Waals surface area contributed by atoms with Crippen molar-refractivity contribution in [3.05, 3.63) is 0 Å². The molecule has 1 aliphatic heterocycles. The van der Waals surface area contributed by atoms with E-state index in [1.165, 1.54) is 0 Å². The molecule has 1 amide bonds. The number of carbonyl (C=O) groups excluding carboxylic acids is 1. The van der Waals surface area contributed by atoms with Gasteiger partial charge >= 0.3 is 0 Å². The van der Waals surface area contributed by atoms with E-state index in [0.717, 1.165) is 38.4 Å². The standard InChI is InChI=1S/C12H23N3O3S/c1-19(17,18)14-9-4-3-7-15(8-9)12(16)10-5-2-6-11(10)13/h9-11,14H,2-8,13H2,1H3. The van der Waals surface area contributed by atoms with E-state index in [1.54, 1.807) is 4.90 Å². The molecule has 2 fully saturated rings. The Morgan fingerprint density at radius 2 is 2.00 bits per heavy atom. The lowest BCUT2D eigenvalue weighted by Crippen LogP contribution is -2.52. The third-order valence-electron chi connectivity index (χ3n) is 4.00. The fourth-order valence-corrected chi connectivity index (χ4v) is 3.90. The minimum absolute atomic E-state index is 0.0317. The lowest BCUT2D eigenvalue weighted by atomic mass is 9.99. The number of hydrogen-bond donors (Lipinski definition) is 2. The number of nitrogens with zero attached hydrogens (tertiary/aromatic N) is 1. The molecule has 1 heterocycles. The first-order valence-corrected chi connectivity index (χ1v) is 8.77. The highest BCUT2D eigenvalue weighted by Crippen LogP contribution is 2.27. The van der Waals surface area contributed by atoms with Gasteiger partial charge < -0.3 is 10.6 Å². The molecular weight excluding hydrogens is 266 g/mol. The van der Waals surface area contributed by atoms with Gasteiger partial charge in [0.05, 0.1) is 12.2 Å². The number of likely N-dealkylation sites (tertiary alicyclic amines) is 1. The number of hydrogen-bond acceptors (Lipinski definition) is 4. The fraction of sp³-hybridized carbons (Fsp3) is 0.917. The minimum Gasteiger partial charge on any atom is -0.341 e. The first kappa shape index (κ1) is 14.7. The number of nitrogens with two attached hydrogens (primary N) is 1. The summed E-state index contributed by atoms with van der Waals surface area (Å²) in [6.07, 6.45) is 5.56. The van der Waals surface area contributed by atoms with Crippen LogP contribution in [0.5, 0.6) is 0 Å². The lowest BCUT2D eigenvalue weighted by molar-refractivity contribution is -0.137. The summed E-state index contributed by atoms with van der Waals surface area (Å²) in [6.45, 7) is 1.18. The maximum atomic E-state index is 12.4. The smallest absolute Gasteiger partial charge is 0.227 e. The van der Waals surface area contributed by atoms with E-state index in [4.69, 9.17) is 5.73 Å². The Kier molecular flexibility index (Phi) is 4.47. The predicted octanol–water partition coefficient (Wildman–Crippen LogP) is -0.346. The van der Waals surface area contributed by atoms with Crippen LogP contribution in [0, 0.1) is 5.92 Å². The topological polar surface area (TPSA) is 92.5 Å². The molecular formula is C12H23N3O3S. The molecule has 2 rings (SSSR count).